The van der Waals surface area contributed by atoms with E-state index >= 15 is 0 Å². The predicted molar refractivity (Wildman–Crippen MR) is 100 cm³/mol. The Morgan fingerprint density at radius 3 is 2.12 bits per heavy atom. The summed E-state index contributed by atoms with van der Waals surface area (Å²) in [7, 11) is 1.70. The maximum Gasteiger partial charge on any atom is 0.161 e. The topological polar surface area (TPSA) is 21.7 Å². The van der Waals surface area contributed by atoms with E-state index in [1.54, 1.807) is 18.2 Å². The highest BCUT2D eigenvalue weighted by atomic mass is 16.5. The number of methoxy groups -OCH3 is 1. The highest BCUT2D eigenvalue weighted by molar-refractivity contribution is 5.39. The molecule has 2 aromatic carbocycles. The van der Waals surface area contributed by atoms with Crippen LogP contribution < -0.4 is 9.47 Å². The standard InChI is InChI=1S/C22H27NO2/c1-24-21-8-4-5-9-22(21)25-20-10-12-23(13-11-20)16-17-14-18-6-2-3-7-19(18)15-17/h2-9,17,20H,10-16H2,1H3. The van der Waals surface area contributed by atoms with Gasteiger partial charge in [-0.1, -0.05) is 36.4 Å². The van der Waals surface area contributed by atoms with Crippen molar-refractivity contribution >= 4 is 0 Å². The molecule has 132 valence electrons. The fourth-order valence-electron chi connectivity index (χ4n) is 4.25. The molecule has 1 saturated heterocycles. The van der Waals surface area contributed by atoms with E-state index in [1.165, 1.54) is 19.4 Å². The minimum Gasteiger partial charge on any atom is -0.493 e. The van der Waals surface area contributed by atoms with Gasteiger partial charge in [-0.2, -0.15) is 0 Å². The van der Waals surface area contributed by atoms with Crippen LogP contribution in [0.2, 0.25) is 0 Å². The summed E-state index contributed by atoms with van der Waals surface area (Å²) < 4.78 is 11.6. The Balaban J connectivity index is 1.26. The number of benzene rings is 2. The van der Waals surface area contributed by atoms with Gasteiger partial charge in [0.25, 0.3) is 0 Å². The second-order valence-electron chi connectivity index (χ2n) is 7.31. The van der Waals surface area contributed by atoms with Gasteiger partial charge >= 0.3 is 0 Å². The van der Waals surface area contributed by atoms with Crippen LogP contribution in [-0.2, 0) is 12.8 Å². The summed E-state index contributed by atoms with van der Waals surface area (Å²) in [6.45, 7) is 3.48. The van der Waals surface area contributed by atoms with Crippen LogP contribution in [-0.4, -0.2) is 37.7 Å². The van der Waals surface area contributed by atoms with Crippen molar-refractivity contribution in [3.8, 4) is 11.5 Å². The zero-order chi connectivity index (χ0) is 17.1. The lowest BCUT2D eigenvalue weighted by Crippen LogP contribution is -2.40. The lowest BCUT2D eigenvalue weighted by atomic mass is 10.0. The van der Waals surface area contributed by atoms with Gasteiger partial charge in [0.2, 0.25) is 0 Å². The van der Waals surface area contributed by atoms with E-state index in [0.29, 0.717) is 6.10 Å². The van der Waals surface area contributed by atoms with Crippen molar-refractivity contribution < 1.29 is 9.47 Å². The van der Waals surface area contributed by atoms with E-state index in [0.717, 1.165) is 43.3 Å². The van der Waals surface area contributed by atoms with Crippen molar-refractivity contribution in [2.75, 3.05) is 26.7 Å². The number of ether oxygens (including phenoxy) is 2. The first-order valence-corrected chi connectivity index (χ1v) is 9.40. The molecule has 1 aliphatic heterocycles. The van der Waals surface area contributed by atoms with Crippen LogP contribution in [0.5, 0.6) is 11.5 Å². The Bertz CT molecular complexity index is 682. The Labute approximate surface area is 150 Å². The zero-order valence-corrected chi connectivity index (χ0v) is 15.0. The van der Waals surface area contributed by atoms with Crippen molar-refractivity contribution in [1.29, 1.82) is 0 Å². The number of rotatable bonds is 5. The molecule has 25 heavy (non-hydrogen) atoms. The molecule has 0 N–H and O–H groups in total. The maximum absolute atomic E-state index is 6.19. The van der Waals surface area contributed by atoms with Gasteiger partial charge < -0.3 is 14.4 Å². The Morgan fingerprint density at radius 2 is 1.48 bits per heavy atom. The molecule has 0 unspecified atom stereocenters. The van der Waals surface area contributed by atoms with E-state index in [1.807, 2.05) is 24.3 Å². The zero-order valence-electron chi connectivity index (χ0n) is 15.0. The minimum atomic E-state index is 0.299. The van der Waals surface area contributed by atoms with Crippen LogP contribution in [0.1, 0.15) is 24.0 Å². The molecule has 0 saturated carbocycles. The molecule has 0 aromatic heterocycles. The Kier molecular flexibility index (Phi) is 4.93. The molecule has 1 heterocycles. The Morgan fingerprint density at radius 1 is 0.880 bits per heavy atom. The van der Waals surface area contributed by atoms with Crippen molar-refractivity contribution in [3.05, 3.63) is 59.7 Å². The quantitative estimate of drug-likeness (QED) is 0.824. The van der Waals surface area contributed by atoms with Gasteiger partial charge in [0, 0.05) is 19.6 Å². The molecule has 2 aliphatic rings. The van der Waals surface area contributed by atoms with Crippen LogP contribution in [0.4, 0.5) is 0 Å². The second-order valence-corrected chi connectivity index (χ2v) is 7.31. The van der Waals surface area contributed by atoms with Crippen molar-refractivity contribution in [2.45, 2.75) is 31.8 Å². The molecule has 2 aromatic rings. The van der Waals surface area contributed by atoms with E-state index in [-0.39, 0.29) is 0 Å². The molecule has 4 rings (SSSR count). The second kappa shape index (κ2) is 7.49. The molecular formula is C22H27NO2. The highest BCUT2D eigenvalue weighted by Gasteiger charge is 2.26. The third kappa shape index (κ3) is 3.82. The monoisotopic (exact) mass is 337 g/mol. The number of fused-ring (bicyclic) bond motifs is 1. The number of likely N-dealkylation sites (tertiary alicyclic amines) is 1. The first kappa shape index (κ1) is 16.5. The number of piperidine rings is 1. The van der Waals surface area contributed by atoms with E-state index in [4.69, 9.17) is 9.47 Å². The molecule has 0 bridgehead atoms. The van der Waals surface area contributed by atoms with Gasteiger partial charge in [0.1, 0.15) is 6.10 Å². The van der Waals surface area contributed by atoms with Crippen LogP contribution in [0, 0.1) is 5.92 Å². The first-order valence-electron chi connectivity index (χ1n) is 9.40. The van der Waals surface area contributed by atoms with E-state index in [2.05, 4.69) is 29.2 Å². The summed E-state index contributed by atoms with van der Waals surface area (Å²) in [5.74, 6) is 2.48. The molecule has 3 nitrogen and oxygen atoms in total. The Hall–Kier alpha value is -2.00. The van der Waals surface area contributed by atoms with Gasteiger partial charge in [-0.15, -0.1) is 0 Å². The summed E-state index contributed by atoms with van der Waals surface area (Å²) in [5, 5.41) is 0. The SMILES string of the molecule is COc1ccccc1OC1CCN(CC2Cc3ccccc3C2)CC1. The third-order valence-electron chi connectivity index (χ3n) is 5.55. The molecule has 0 amide bonds. The van der Waals surface area contributed by atoms with E-state index < -0.39 is 0 Å². The summed E-state index contributed by atoms with van der Waals surface area (Å²) in [4.78, 5) is 2.62. The number of nitrogens with zero attached hydrogens (tertiary/aromatic N) is 1. The van der Waals surface area contributed by atoms with Crippen LogP contribution in [0.3, 0.4) is 0 Å². The first-order chi connectivity index (χ1) is 12.3. The van der Waals surface area contributed by atoms with Crippen LogP contribution in [0.15, 0.2) is 48.5 Å². The fraction of sp³-hybridized carbons (Fsp3) is 0.455. The maximum atomic E-state index is 6.19. The van der Waals surface area contributed by atoms with Gasteiger partial charge in [-0.05, 0) is 54.9 Å². The number of hydrogen-bond donors (Lipinski definition) is 0. The van der Waals surface area contributed by atoms with E-state index in [9.17, 15) is 0 Å². The molecular weight excluding hydrogens is 310 g/mol. The van der Waals surface area contributed by atoms with Crippen molar-refractivity contribution in [2.24, 2.45) is 5.92 Å². The summed E-state index contributed by atoms with van der Waals surface area (Å²) >= 11 is 0. The molecule has 1 fully saturated rings. The average Bonchev–Trinajstić information content (AvgIpc) is 3.06. The number of para-hydroxylation sites is 2. The van der Waals surface area contributed by atoms with Crippen molar-refractivity contribution in [1.82, 2.24) is 4.90 Å². The molecule has 1 aliphatic carbocycles. The predicted octanol–water partition coefficient (Wildman–Crippen LogP) is 3.95. The van der Waals surface area contributed by atoms with Crippen molar-refractivity contribution in [3.63, 3.8) is 0 Å². The smallest absolute Gasteiger partial charge is 0.161 e. The lowest BCUT2D eigenvalue weighted by molar-refractivity contribution is 0.0897. The fourth-order valence-corrected chi connectivity index (χ4v) is 4.25. The van der Waals surface area contributed by atoms with Gasteiger partial charge in [0.05, 0.1) is 7.11 Å². The summed E-state index contributed by atoms with van der Waals surface area (Å²) in [5.41, 5.74) is 3.11. The largest absolute Gasteiger partial charge is 0.493 e. The van der Waals surface area contributed by atoms with Gasteiger partial charge in [0.15, 0.2) is 11.5 Å². The molecule has 0 atom stereocenters. The molecule has 0 spiro atoms. The summed E-state index contributed by atoms with van der Waals surface area (Å²) in [6, 6.07) is 16.9. The van der Waals surface area contributed by atoms with Gasteiger partial charge in [-0.3, -0.25) is 0 Å². The van der Waals surface area contributed by atoms with Crippen LogP contribution in [0.25, 0.3) is 0 Å². The number of hydrogen-bond acceptors (Lipinski definition) is 3. The highest BCUT2D eigenvalue weighted by Crippen LogP contribution is 2.30. The molecule has 3 heteroatoms. The van der Waals surface area contributed by atoms with Crippen LogP contribution >= 0.6 is 0 Å². The normalized spacial score (nSPS) is 18.9. The third-order valence-corrected chi connectivity index (χ3v) is 5.55. The van der Waals surface area contributed by atoms with Gasteiger partial charge in [-0.25, -0.2) is 0 Å². The lowest BCUT2D eigenvalue weighted by Gasteiger charge is -2.33. The summed E-state index contributed by atoms with van der Waals surface area (Å²) in [6.07, 6.45) is 4.98. The minimum absolute atomic E-state index is 0.299. The molecule has 0 radical (unpaired) electrons. The average molecular weight is 337 g/mol.